The Morgan fingerprint density at radius 3 is 2.88 bits per heavy atom. The van der Waals surface area contributed by atoms with Crippen LogP contribution in [0.25, 0.3) is 11.4 Å². The van der Waals surface area contributed by atoms with Gasteiger partial charge in [0.2, 0.25) is 11.7 Å². The molecule has 0 aliphatic carbocycles. The van der Waals surface area contributed by atoms with Crippen LogP contribution in [-0.4, -0.2) is 16.2 Å². The number of hydrogen-bond acceptors (Lipinski definition) is 4. The molecule has 90 valence electrons. The third-order valence-electron chi connectivity index (χ3n) is 2.09. The summed E-state index contributed by atoms with van der Waals surface area (Å²) in [6.45, 7) is 1.85. The molecule has 2 N–H and O–H groups in total. The topological polar surface area (TPSA) is 64.9 Å². The Hall–Kier alpha value is -1.27. The van der Waals surface area contributed by atoms with Crippen molar-refractivity contribution in [3.05, 3.63) is 34.4 Å². The second-order valence-corrected chi connectivity index (χ2v) is 4.77. The highest BCUT2D eigenvalue weighted by molar-refractivity contribution is 9.10. The van der Waals surface area contributed by atoms with Crippen LogP contribution in [-0.2, 0) is 6.42 Å². The summed E-state index contributed by atoms with van der Waals surface area (Å²) in [5, 5.41) is 3.79. The highest BCUT2D eigenvalue weighted by Crippen LogP contribution is 2.22. The SMILES string of the molecule is CC(N)Cc1nc(-c2cc(F)cc(Br)c2)no1. The number of benzene rings is 1. The van der Waals surface area contributed by atoms with Crippen LogP contribution in [0.15, 0.2) is 27.2 Å². The maximum absolute atomic E-state index is 13.2. The van der Waals surface area contributed by atoms with Gasteiger partial charge in [-0.1, -0.05) is 21.1 Å². The predicted molar refractivity (Wildman–Crippen MR) is 64.7 cm³/mol. The molecule has 6 heteroatoms. The van der Waals surface area contributed by atoms with Crippen LogP contribution >= 0.6 is 15.9 Å². The van der Waals surface area contributed by atoms with E-state index in [4.69, 9.17) is 10.3 Å². The van der Waals surface area contributed by atoms with Crippen LogP contribution in [0.5, 0.6) is 0 Å². The molecule has 0 spiro atoms. The Morgan fingerprint density at radius 2 is 2.24 bits per heavy atom. The minimum absolute atomic E-state index is 0.0532. The first-order chi connectivity index (χ1) is 8.04. The molecule has 0 saturated carbocycles. The van der Waals surface area contributed by atoms with Gasteiger partial charge in [0.05, 0.1) is 0 Å². The maximum atomic E-state index is 13.2. The van der Waals surface area contributed by atoms with Crippen molar-refractivity contribution in [1.82, 2.24) is 10.1 Å². The third kappa shape index (κ3) is 3.10. The van der Waals surface area contributed by atoms with Gasteiger partial charge < -0.3 is 10.3 Å². The number of nitrogens with zero attached hydrogens (tertiary/aromatic N) is 2. The molecule has 2 rings (SSSR count). The van der Waals surface area contributed by atoms with Crippen molar-refractivity contribution in [1.29, 1.82) is 0 Å². The molecular formula is C11H11BrFN3O. The molecule has 2 aromatic rings. The Morgan fingerprint density at radius 1 is 1.47 bits per heavy atom. The second-order valence-electron chi connectivity index (χ2n) is 3.85. The summed E-state index contributed by atoms with van der Waals surface area (Å²) in [5.41, 5.74) is 6.19. The molecule has 0 bridgehead atoms. The Balaban J connectivity index is 2.30. The molecule has 17 heavy (non-hydrogen) atoms. The smallest absolute Gasteiger partial charge is 0.228 e. The minimum Gasteiger partial charge on any atom is -0.339 e. The van der Waals surface area contributed by atoms with Gasteiger partial charge in [0, 0.05) is 22.5 Å². The number of hydrogen-bond donors (Lipinski definition) is 1. The first kappa shape index (κ1) is 12.2. The lowest BCUT2D eigenvalue weighted by Gasteiger charge is -1.97. The highest BCUT2D eigenvalue weighted by atomic mass is 79.9. The summed E-state index contributed by atoms with van der Waals surface area (Å²) in [7, 11) is 0. The van der Waals surface area contributed by atoms with Crippen molar-refractivity contribution >= 4 is 15.9 Å². The largest absolute Gasteiger partial charge is 0.339 e. The number of rotatable bonds is 3. The fraction of sp³-hybridized carbons (Fsp3) is 0.273. The Kier molecular flexibility index (Phi) is 3.54. The number of halogens is 2. The van der Waals surface area contributed by atoms with Gasteiger partial charge in [0.25, 0.3) is 0 Å². The normalized spacial score (nSPS) is 12.7. The van der Waals surface area contributed by atoms with E-state index >= 15 is 0 Å². The molecule has 1 unspecified atom stereocenters. The van der Waals surface area contributed by atoms with Gasteiger partial charge in [-0.15, -0.1) is 0 Å². The lowest BCUT2D eigenvalue weighted by Crippen LogP contribution is -2.17. The van der Waals surface area contributed by atoms with Gasteiger partial charge in [0.1, 0.15) is 5.82 Å². The van der Waals surface area contributed by atoms with E-state index in [0.717, 1.165) is 0 Å². The van der Waals surface area contributed by atoms with Gasteiger partial charge in [-0.2, -0.15) is 4.98 Å². The van der Waals surface area contributed by atoms with Crippen molar-refractivity contribution in [3.8, 4) is 11.4 Å². The van der Waals surface area contributed by atoms with E-state index < -0.39 is 0 Å². The summed E-state index contributed by atoms with van der Waals surface area (Å²) in [4.78, 5) is 4.16. The Labute approximate surface area is 106 Å². The van der Waals surface area contributed by atoms with Gasteiger partial charge in [-0.05, 0) is 25.1 Å². The first-order valence-electron chi connectivity index (χ1n) is 5.09. The number of nitrogens with two attached hydrogens (primary N) is 1. The molecule has 0 fully saturated rings. The molecule has 0 saturated heterocycles. The van der Waals surface area contributed by atoms with Crippen molar-refractivity contribution in [3.63, 3.8) is 0 Å². The molecule has 0 aliphatic heterocycles. The molecule has 0 aliphatic rings. The minimum atomic E-state index is -0.354. The highest BCUT2D eigenvalue weighted by Gasteiger charge is 2.11. The van der Waals surface area contributed by atoms with Crippen molar-refractivity contribution in [2.24, 2.45) is 5.73 Å². The first-order valence-corrected chi connectivity index (χ1v) is 5.88. The van der Waals surface area contributed by atoms with Crippen molar-refractivity contribution in [2.45, 2.75) is 19.4 Å². The fourth-order valence-corrected chi connectivity index (χ4v) is 1.88. The lowest BCUT2D eigenvalue weighted by molar-refractivity contribution is 0.372. The van der Waals surface area contributed by atoms with E-state index in [1.165, 1.54) is 12.1 Å². The van der Waals surface area contributed by atoms with Crippen LogP contribution < -0.4 is 5.73 Å². The van der Waals surface area contributed by atoms with Crippen molar-refractivity contribution < 1.29 is 8.91 Å². The Bertz CT molecular complexity index is 507. The second kappa shape index (κ2) is 4.93. The average Bonchev–Trinajstić information content (AvgIpc) is 2.63. The molecular weight excluding hydrogens is 289 g/mol. The van der Waals surface area contributed by atoms with Crippen LogP contribution in [0.2, 0.25) is 0 Å². The van der Waals surface area contributed by atoms with Crippen LogP contribution in [0.1, 0.15) is 12.8 Å². The summed E-state index contributed by atoms with van der Waals surface area (Å²) in [6, 6.07) is 4.39. The van der Waals surface area contributed by atoms with E-state index in [-0.39, 0.29) is 11.9 Å². The van der Waals surface area contributed by atoms with Crippen LogP contribution in [0, 0.1) is 5.82 Å². The summed E-state index contributed by atoms with van der Waals surface area (Å²) in [6.07, 6.45) is 0.503. The van der Waals surface area contributed by atoms with E-state index in [1.807, 2.05) is 6.92 Å². The summed E-state index contributed by atoms with van der Waals surface area (Å²) < 4.78 is 18.9. The van der Waals surface area contributed by atoms with Gasteiger partial charge in [-0.25, -0.2) is 4.39 Å². The molecule has 0 amide bonds. The van der Waals surface area contributed by atoms with Crippen LogP contribution in [0.3, 0.4) is 0 Å². The third-order valence-corrected chi connectivity index (χ3v) is 2.54. The quantitative estimate of drug-likeness (QED) is 0.946. The van der Waals surface area contributed by atoms with Gasteiger partial charge in [-0.3, -0.25) is 0 Å². The standard InChI is InChI=1S/C11H11BrFN3O/c1-6(14)2-10-15-11(16-17-10)7-3-8(12)5-9(13)4-7/h3-6H,2,14H2,1H3. The molecule has 1 heterocycles. The van der Waals surface area contributed by atoms with E-state index in [2.05, 4.69) is 26.1 Å². The van der Waals surface area contributed by atoms with E-state index in [0.29, 0.717) is 28.2 Å². The molecule has 1 atom stereocenters. The monoisotopic (exact) mass is 299 g/mol. The van der Waals surface area contributed by atoms with Gasteiger partial charge >= 0.3 is 0 Å². The molecule has 4 nitrogen and oxygen atoms in total. The zero-order valence-corrected chi connectivity index (χ0v) is 10.7. The summed E-state index contributed by atoms with van der Waals surface area (Å²) in [5.74, 6) is 0.462. The maximum Gasteiger partial charge on any atom is 0.228 e. The average molecular weight is 300 g/mol. The zero-order chi connectivity index (χ0) is 12.4. The fourth-order valence-electron chi connectivity index (χ4n) is 1.41. The van der Waals surface area contributed by atoms with E-state index in [1.54, 1.807) is 6.07 Å². The van der Waals surface area contributed by atoms with E-state index in [9.17, 15) is 4.39 Å². The molecule has 1 aromatic heterocycles. The molecule has 1 aromatic carbocycles. The molecule has 0 radical (unpaired) electrons. The van der Waals surface area contributed by atoms with Gasteiger partial charge in [0.15, 0.2) is 0 Å². The predicted octanol–water partition coefficient (Wildman–Crippen LogP) is 2.53. The van der Waals surface area contributed by atoms with Crippen LogP contribution in [0.4, 0.5) is 4.39 Å². The lowest BCUT2D eigenvalue weighted by atomic mass is 10.2. The number of aromatic nitrogens is 2. The van der Waals surface area contributed by atoms with Crippen molar-refractivity contribution in [2.75, 3.05) is 0 Å². The summed E-state index contributed by atoms with van der Waals surface area (Å²) >= 11 is 3.21. The zero-order valence-electron chi connectivity index (χ0n) is 9.15.